The Balaban J connectivity index is 2.62. The second-order valence-corrected chi connectivity index (χ2v) is 4.23. The highest BCUT2D eigenvalue weighted by molar-refractivity contribution is 7.85. The van der Waals surface area contributed by atoms with Crippen molar-refractivity contribution < 1.29 is 22.9 Å². The molecule has 0 amide bonds. The Morgan fingerprint density at radius 2 is 1.75 bits per heavy atom. The highest BCUT2D eigenvalue weighted by Gasteiger charge is 2.34. The molecule has 2 N–H and O–H groups in total. The van der Waals surface area contributed by atoms with Gasteiger partial charge in [0.1, 0.15) is 12.5 Å². The molecule has 1 saturated heterocycles. The van der Waals surface area contributed by atoms with Gasteiger partial charge in [-0.3, -0.25) is 0 Å². The smallest absolute Gasteiger partial charge is 0.280 e. The fraction of sp³-hybridized carbons (Fsp3) is 1.00. The molecule has 1 heterocycles. The maximum atomic E-state index is 10.6. The van der Waals surface area contributed by atoms with Crippen LogP contribution < -0.4 is 0 Å². The molecule has 12 heavy (non-hydrogen) atoms. The zero-order valence-electron chi connectivity index (χ0n) is 6.54. The van der Waals surface area contributed by atoms with Crippen LogP contribution in [0, 0.1) is 0 Å². The Bertz CT molecular complexity index is 241. The first-order chi connectivity index (χ1) is 5.40. The number of hydrogen-bond donors (Lipinski definition) is 2. The van der Waals surface area contributed by atoms with Crippen LogP contribution in [0.5, 0.6) is 0 Å². The monoisotopic (exact) mass is 197 g/mol. The number of rotatable bonds is 2. The van der Waals surface area contributed by atoms with Crippen molar-refractivity contribution in [1.29, 1.82) is 0 Å². The molecule has 0 aromatic rings. The summed E-state index contributed by atoms with van der Waals surface area (Å²) in [4.78, 5) is 0. The van der Waals surface area contributed by atoms with Crippen molar-refractivity contribution in [3.8, 4) is 0 Å². The summed E-state index contributed by atoms with van der Waals surface area (Å²) in [5.41, 5.74) is 0. The lowest BCUT2D eigenvalue weighted by Crippen LogP contribution is -2.37. The van der Waals surface area contributed by atoms with Crippen molar-refractivity contribution >= 4 is 10.1 Å². The van der Waals surface area contributed by atoms with E-state index in [9.17, 15) is 8.42 Å². The van der Waals surface area contributed by atoms with Gasteiger partial charge in [-0.1, -0.05) is 0 Å². The van der Waals surface area contributed by atoms with E-state index < -0.39 is 22.6 Å². The van der Waals surface area contributed by atoms with E-state index in [0.29, 0.717) is 17.9 Å². The molecule has 2 atom stereocenters. The lowest BCUT2D eigenvalue weighted by Gasteiger charge is -2.20. The van der Waals surface area contributed by atoms with Crippen LogP contribution in [0.1, 0.15) is 12.8 Å². The van der Waals surface area contributed by atoms with Gasteiger partial charge in [-0.25, -0.2) is 0 Å². The average Bonchev–Trinajstić information content (AvgIpc) is 2.16. The van der Waals surface area contributed by atoms with Crippen molar-refractivity contribution in [3.05, 3.63) is 0 Å². The molecule has 6 nitrogen and oxygen atoms in total. The normalized spacial score (nSPS) is 32.6. The molecule has 0 aliphatic carbocycles. The maximum absolute atomic E-state index is 10.6. The lowest BCUT2D eigenvalue weighted by molar-refractivity contribution is -0.211. The van der Waals surface area contributed by atoms with Gasteiger partial charge >= 0.3 is 0 Å². The second kappa shape index (κ2) is 3.27. The zero-order valence-corrected chi connectivity index (χ0v) is 7.36. The second-order valence-electron chi connectivity index (χ2n) is 2.68. The van der Waals surface area contributed by atoms with E-state index >= 15 is 0 Å². The topological polar surface area (TPSA) is 87.1 Å². The highest BCUT2D eigenvalue weighted by Crippen LogP contribution is 2.21. The summed E-state index contributed by atoms with van der Waals surface area (Å²) in [6.07, 6.45) is -0.637. The van der Waals surface area contributed by atoms with Crippen molar-refractivity contribution in [2.24, 2.45) is 0 Å². The first kappa shape index (κ1) is 9.87. The summed E-state index contributed by atoms with van der Waals surface area (Å²) in [7, 11) is -3.67. The van der Waals surface area contributed by atoms with E-state index in [-0.39, 0.29) is 0 Å². The van der Waals surface area contributed by atoms with Gasteiger partial charge in [0, 0.05) is 0 Å². The predicted octanol–water partition coefficient (Wildman–Crippen LogP) is -1.39. The van der Waals surface area contributed by atoms with Crippen LogP contribution in [0.25, 0.3) is 0 Å². The number of aliphatic hydroxyl groups excluding tert-OH is 2. The van der Waals surface area contributed by atoms with Crippen LogP contribution >= 0.6 is 0 Å². The van der Waals surface area contributed by atoms with Crippen LogP contribution in [0.3, 0.4) is 0 Å². The van der Waals surface area contributed by atoms with E-state index in [1.54, 1.807) is 0 Å². The molecular formula is C5H11NO5S. The van der Waals surface area contributed by atoms with Crippen LogP contribution in [0.15, 0.2) is 0 Å². The van der Waals surface area contributed by atoms with Gasteiger partial charge in [-0.05, 0) is 12.8 Å². The molecule has 1 fully saturated rings. The van der Waals surface area contributed by atoms with Gasteiger partial charge < -0.3 is 10.2 Å². The number of nitrogens with zero attached hydrogens (tertiary/aromatic N) is 1. The minimum atomic E-state index is -3.67. The van der Waals surface area contributed by atoms with E-state index in [2.05, 4.69) is 4.28 Å². The first-order valence-electron chi connectivity index (χ1n) is 3.44. The molecule has 0 aromatic heterocycles. The third-order valence-electron chi connectivity index (χ3n) is 1.49. The zero-order chi connectivity index (χ0) is 9.35. The predicted molar refractivity (Wildman–Crippen MR) is 39.0 cm³/mol. The van der Waals surface area contributed by atoms with Gasteiger partial charge in [-0.15, -0.1) is 5.06 Å². The summed E-state index contributed by atoms with van der Waals surface area (Å²) < 4.78 is 25.5. The average molecular weight is 197 g/mol. The SMILES string of the molecule is CS(=O)(=O)ON1C(O)CCC1O. The molecule has 1 rings (SSSR count). The summed E-state index contributed by atoms with van der Waals surface area (Å²) >= 11 is 0. The maximum Gasteiger partial charge on any atom is 0.280 e. The third-order valence-corrected chi connectivity index (χ3v) is 1.93. The quantitative estimate of drug-likeness (QED) is 0.566. The largest absolute Gasteiger partial charge is 0.376 e. The lowest BCUT2D eigenvalue weighted by atomic mass is 10.3. The summed E-state index contributed by atoms with van der Waals surface area (Å²) in [6, 6.07) is 0. The molecule has 0 bridgehead atoms. The van der Waals surface area contributed by atoms with Gasteiger partial charge in [0.15, 0.2) is 0 Å². The Morgan fingerprint density at radius 3 is 2.08 bits per heavy atom. The van der Waals surface area contributed by atoms with Crippen LogP contribution in [0.2, 0.25) is 0 Å². The minimum Gasteiger partial charge on any atom is -0.376 e. The van der Waals surface area contributed by atoms with E-state index in [1.165, 1.54) is 0 Å². The Hall–Kier alpha value is -0.210. The molecule has 0 saturated carbocycles. The number of hydroxylamine groups is 2. The summed E-state index contributed by atoms with van der Waals surface area (Å²) in [6.45, 7) is 0. The van der Waals surface area contributed by atoms with Gasteiger partial charge in [0.25, 0.3) is 10.1 Å². The van der Waals surface area contributed by atoms with Gasteiger partial charge in [0.05, 0.1) is 6.26 Å². The van der Waals surface area contributed by atoms with Crippen molar-refractivity contribution in [2.45, 2.75) is 25.3 Å². The number of aliphatic hydroxyl groups is 2. The van der Waals surface area contributed by atoms with Crippen LogP contribution in [-0.4, -0.2) is 42.4 Å². The van der Waals surface area contributed by atoms with Crippen molar-refractivity contribution in [2.75, 3.05) is 6.26 Å². The van der Waals surface area contributed by atoms with Gasteiger partial charge in [0.2, 0.25) is 0 Å². The summed E-state index contributed by atoms with van der Waals surface area (Å²) in [5.74, 6) is 0. The molecule has 1 aliphatic heterocycles. The molecule has 0 aromatic carbocycles. The van der Waals surface area contributed by atoms with Crippen molar-refractivity contribution in [3.63, 3.8) is 0 Å². The third kappa shape index (κ3) is 2.39. The van der Waals surface area contributed by atoms with Crippen LogP contribution in [0.4, 0.5) is 0 Å². The minimum absolute atomic E-state index is 0.302. The number of hydrogen-bond acceptors (Lipinski definition) is 6. The highest BCUT2D eigenvalue weighted by atomic mass is 32.2. The fourth-order valence-corrected chi connectivity index (χ4v) is 1.52. The molecule has 2 unspecified atom stereocenters. The van der Waals surface area contributed by atoms with E-state index in [0.717, 1.165) is 6.26 Å². The molecular weight excluding hydrogens is 186 g/mol. The molecule has 1 aliphatic rings. The first-order valence-corrected chi connectivity index (χ1v) is 5.26. The van der Waals surface area contributed by atoms with Gasteiger partial charge in [-0.2, -0.15) is 12.7 Å². The molecule has 0 radical (unpaired) electrons. The Morgan fingerprint density at radius 1 is 1.33 bits per heavy atom. The standard InChI is InChI=1S/C5H11NO5S/c1-12(9,10)11-6-4(7)2-3-5(6)8/h4-5,7-8H,2-3H2,1H3. The fourth-order valence-electron chi connectivity index (χ4n) is 1.01. The van der Waals surface area contributed by atoms with Crippen molar-refractivity contribution in [1.82, 2.24) is 5.06 Å². The molecule has 7 heteroatoms. The molecule has 72 valence electrons. The summed E-state index contributed by atoms with van der Waals surface area (Å²) in [5, 5.41) is 18.9. The van der Waals surface area contributed by atoms with Crippen LogP contribution in [-0.2, 0) is 14.4 Å². The Labute approximate surface area is 70.4 Å². The van der Waals surface area contributed by atoms with E-state index in [4.69, 9.17) is 10.2 Å². The molecule has 0 spiro atoms. The Kier molecular flexibility index (Phi) is 2.69. The van der Waals surface area contributed by atoms with E-state index in [1.807, 2.05) is 0 Å².